The number of nitrogens with zero attached hydrogens (tertiary/aromatic N) is 2. The molecule has 118 valence electrons. The van der Waals surface area contributed by atoms with Crippen molar-refractivity contribution in [3.05, 3.63) is 35.9 Å². The van der Waals surface area contributed by atoms with Gasteiger partial charge in [0.15, 0.2) is 0 Å². The van der Waals surface area contributed by atoms with Crippen LogP contribution >= 0.6 is 0 Å². The van der Waals surface area contributed by atoms with Crippen molar-refractivity contribution in [2.75, 3.05) is 46.4 Å². The van der Waals surface area contributed by atoms with Crippen molar-refractivity contribution in [3.8, 4) is 0 Å². The molecule has 0 radical (unpaired) electrons. The van der Waals surface area contributed by atoms with Gasteiger partial charge in [-0.1, -0.05) is 37.3 Å². The van der Waals surface area contributed by atoms with Gasteiger partial charge in [-0.15, -0.1) is 0 Å². The van der Waals surface area contributed by atoms with Crippen LogP contribution < -0.4 is 5.73 Å². The molecule has 1 heterocycles. The van der Waals surface area contributed by atoms with Gasteiger partial charge in [0, 0.05) is 46.4 Å². The zero-order chi connectivity index (χ0) is 15.1. The normalized spacial score (nSPS) is 20.3. The molecule has 1 atom stereocenters. The third-order valence-corrected chi connectivity index (χ3v) is 4.74. The summed E-state index contributed by atoms with van der Waals surface area (Å²) >= 11 is 0. The minimum absolute atomic E-state index is 0.00753. The number of hydrogen-bond acceptors (Lipinski definition) is 4. The van der Waals surface area contributed by atoms with Crippen LogP contribution in [0.15, 0.2) is 30.3 Å². The predicted octanol–water partition coefficient (Wildman–Crippen LogP) is 1.56. The molecule has 0 bridgehead atoms. The number of piperazine rings is 1. The third kappa shape index (κ3) is 4.04. The molecule has 0 aliphatic carbocycles. The van der Waals surface area contributed by atoms with Gasteiger partial charge >= 0.3 is 0 Å². The molecule has 1 fully saturated rings. The van der Waals surface area contributed by atoms with Crippen molar-refractivity contribution >= 4 is 0 Å². The van der Waals surface area contributed by atoms with E-state index in [1.165, 1.54) is 5.56 Å². The van der Waals surface area contributed by atoms with E-state index in [2.05, 4.69) is 47.1 Å². The molecular weight excluding hydrogens is 262 g/mol. The van der Waals surface area contributed by atoms with Crippen LogP contribution in [-0.2, 0) is 11.3 Å². The van der Waals surface area contributed by atoms with Gasteiger partial charge in [-0.3, -0.25) is 9.80 Å². The molecule has 1 aromatic rings. The summed E-state index contributed by atoms with van der Waals surface area (Å²) in [5.74, 6) is 0. The van der Waals surface area contributed by atoms with Crippen LogP contribution in [0, 0.1) is 0 Å². The third-order valence-electron chi connectivity index (χ3n) is 4.74. The molecule has 1 aliphatic rings. The van der Waals surface area contributed by atoms with E-state index < -0.39 is 0 Å². The topological polar surface area (TPSA) is 41.7 Å². The van der Waals surface area contributed by atoms with Gasteiger partial charge < -0.3 is 10.5 Å². The van der Waals surface area contributed by atoms with Crippen LogP contribution in [0.3, 0.4) is 0 Å². The Morgan fingerprint density at radius 1 is 1.14 bits per heavy atom. The van der Waals surface area contributed by atoms with Gasteiger partial charge in [0.1, 0.15) is 0 Å². The van der Waals surface area contributed by atoms with E-state index in [1.54, 1.807) is 7.11 Å². The number of methoxy groups -OCH3 is 1. The first-order valence-corrected chi connectivity index (χ1v) is 7.94. The fourth-order valence-corrected chi connectivity index (χ4v) is 3.24. The zero-order valence-corrected chi connectivity index (χ0v) is 13.4. The minimum atomic E-state index is 0.00753. The highest BCUT2D eigenvalue weighted by Crippen LogP contribution is 2.22. The van der Waals surface area contributed by atoms with Gasteiger partial charge in [-0.25, -0.2) is 0 Å². The van der Waals surface area contributed by atoms with Crippen molar-refractivity contribution in [2.24, 2.45) is 5.73 Å². The summed E-state index contributed by atoms with van der Waals surface area (Å²) in [7, 11) is 1.77. The Bertz CT molecular complexity index is 398. The number of hydrogen-bond donors (Lipinski definition) is 1. The summed E-state index contributed by atoms with van der Waals surface area (Å²) in [4.78, 5) is 5.05. The molecule has 0 saturated carbocycles. The number of nitrogens with two attached hydrogens (primary N) is 1. The van der Waals surface area contributed by atoms with Crippen LogP contribution in [0.1, 0.15) is 18.9 Å². The Hall–Kier alpha value is -0.940. The Morgan fingerprint density at radius 2 is 1.81 bits per heavy atom. The molecule has 2 N–H and O–H groups in total. The smallest absolute Gasteiger partial charge is 0.0658 e. The summed E-state index contributed by atoms with van der Waals surface area (Å²) in [5.41, 5.74) is 7.46. The fraction of sp³-hybridized carbons (Fsp3) is 0.647. The Labute approximate surface area is 128 Å². The Kier molecular flexibility index (Phi) is 6.18. The first-order chi connectivity index (χ1) is 10.2. The number of benzene rings is 1. The molecule has 4 heteroatoms. The maximum atomic E-state index is 6.06. The highest BCUT2D eigenvalue weighted by Gasteiger charge is 2.35. The highest BCUT2D eigenvalue weighted by atomic mass is 16.5. The molecule has 21 heavy (non-hydrogen) atoms. The first-order valence-electron chi connectivity index (χ1n) is 7.94. The molecule has 1 aliphatic heterocycles. The van der Waals surface area contributed by atoms with Crippen molar-refractivity contribution < 1.29 is 4.74 Å². The van der Waals surface area contributed by atoms with E-state index in [4.69, 9.17) is 10.5 Å². The second kappa shape index (κ2) is 7.90. The van der Waals surface area contributed by atoms with Crippen LogP contribution in [0.5, 0.6) is 0 Å². The second-order valence-electron chi connectivity index (χ2n) is 5.96. The highest BCUT2D eigenvalue weighted by molar-refractivity contribution is 5.14. The maximum Gasteiger partial charge on any atom is 0.0658 e. The fourth-order valence-electron chi connectivity index (χ4n) is 3.24. The first kappa shape index (κ1) is 16.4. The SMILES string of the molecule is CCC(CN)(COC)N1CCN(Cc2ccccc2)CC1. The van der Waals surface area contributed by atoms with Gasteiger partial charge in [-0.2, -0.15) is 0 Å². The standard InChI is InChI=1S/C17H29N3O/c1-3-17(14-18,15-21-2)20-11-9-19(10-12-20)13-16-7-5-4-6-8-16/h4-8H,3,9-15,18H2,1-2H3. The van der Waals surface area contributed by atoms with Crippen LogP contribution in [0.25, 0.3) is 0 Å². The summed E-state index contributed by atoms with van der Waals surface area (Å²) in [6, 6.07) is 10.7. The van der Waals surface area contributed by atoms with E-state index in [1.807, 2.05) is 0 Å². The quantitative estimate of drug-likeness (QED) is 0.828. The average molecular weight is 291 g/mol. The Morgan fingerprint density at radius 3 is 2.33 bits per heavy atom. The summed E-state index contributed by atoms with van der Waals surface area (Å²) in [6.45, 7) is 8.97. The Balaban J connectivity index is 1.90. The van der Waals surface area contributed by atoms with E-state index in [0.717, 1.165) is 45.8 Å². The van der Waals surface area contributed by atoms with Crippen molar-refractivity contribution in [1.29, 1.82) is 0 Å². The summed E-state index contributed by atoms with van der Waals surface area (Å²) in [5, 5.41) is 0. The lowest BCUT2D eigenvalue weighted by Gasteiger charge is -2.46. The molecular formula is C17H29N3O. The lowest BCUT2D eigenvalue weighted by atomic mass is 9.93. The minimum Gasteiger partial charge on any atom is -0.383 e. The largest absolute Gasteiger partial charge is 0.383 e. The lowest BCUT2D eigenvalue weighted by Crippen LogP contribution is -2.61. The average Bonchev–Trinajstić information content (AvgIpc) is 2.55. The molecule has 2 rings (SSSR count). The monoisotopic (exact) mass is 291 g/mol. The second-order valence-corrected chi connectivity index (χ2v) is 5.96. The van der Waals surface area contributed by atoms with Crippen molar-refractivity contribution in [2.45, 2.75) is 25.4 Å². The van der Waals surface area contributed by atoms with Gasteiger partial charge in [0.05, 0.1) is 12.1 Å². The van der Waals surface area contributed by atoms with Crippen molar-refractivity contribution in [3.63, 3.8) is 0 Å². The van der Waals surface area contributed by atoms with E-state index in [9.17, 15) is 0 Å². The van der Waals surface area contributed by atoms with Gasteiger partial charge in [0.2, 0.25) is 0 Å². The van der Waals surface area contributed by atoms with Crippen molar-refractivity contribution in [1.82, 2.24) is 9.80 Å². The maximum absolute atomic E-state index is 6.06. The molecule has 0 amide bonds. The van der Waals surface area contributed by atoms with Crippen LogP contribution in [-0.4, -0.2) is 61.8 Å². The summed E-state index contributed by atoms with van der Waals surface area (Å²) in [6.07, 6.45) is 1.04. The molecule has 0 aromatic heterocycles. The van der Waals surface area contributed by atoms with E-state index >= 15 is 0 Å². The van der Waals surface area contributed by atoms with Gasteiger partial charge in [0.25, 0.3) is 0 Å². The van der Waals surface area contributed by atoms with Crippen LogP contribution in [0.4, 0.5) is 0 Å². The van der Waals surface area contributed by atoms with E-state index in [-0.39, 0.29) is 5.54 Å². The summed E-state index contributed by atoms with van der Waals surface area (Å²) < 4.78 is 5.43. The predicted molar refractivity (Wildman–Crippen MR) is 87.2 cm³/mol. The van der Waals surface area contributed by atoms with Gasteiger partial charge in [-0.05, 0) is 12.0 Å². The number of ether oxygens (including phenoxy) is 1. The number of rotatable bonds is 7. The van der Waals surface area contributed by atoms with E-state index in [0.29, 0.717) is 6.54 Å². The molecule has 1 aromatic carbocycles. The lowest BCUT2D eigenvalue weighted by molar-refractivity contribution is -0.0173. The molecule has 0 spiro atoms. The molecule has 1 unspecified atom stereocenters. The zero-order valence-electron chi connectivity index (χ0n) is 13.4. The van der Waals surface area contributed by atoms with Crippen LogP contribution in [0.2, 0.25) is 0 Å². The molecule has 4 nitrogen and oxygen atoms in total. The molecule has 1 saturated heterocycles.